The van der Waals surface area contributed by atoms with Crippen LogP contribution < -0.4 is 9.47 Å². The van der Waals surface area contributed by atoms with Gasteiger partial charge in [0, 0.05) is 38.1 Å². The minimum atomic E-state index is -0.550. The van der Waals surface area contributed by atoms with Crippen molar-refractivity contribution in [3.8, 4) is 11.5 Å². The number of carbonyl (C=O) groups excluding carboxylic acids is 1. The highest BCUT2D eigenvalue weighted by Gasteiger charge is 2.39. The average molecular weight is 446 g/mol. The van der Waals surface area contributed by atoms with Gasteiger partial charge in [0.05, 0.1) is 0 Å². The molecule has 1 amide bonds. The van der Waals surface area contributed by atoms with E-state index in [1.165, 1.54) is 6.42 Å². The normalized spacial score (nSPS) is 25.2. The fourth-order valence-electron chi connectivity index (χ4n) is 5.07. The van der Waals surface area contributed by atoms with E-state index < -0.39 is 6.29 Å². The lowest BCUT2D eigenvalue weighted by molar-refractivity contribution is -0.170. The van der Waals surface area contributed by atoms with Gasteiger partial charge in [0.2, 0.25) is 13.1 Å². The number of carbonyl (C=O) groups is 1. The van der Waals surface area contributed by atoms with Crippen molar-refractivity contribution in [1.29, 1.82) is 0 Å². The first-order valence-corrected chi connectivity index (χ1v) is 11.9. The van der Waals surface area contributed by atoms with Crippen LogP contribution in [0.15, 0.2) is 30.0 Å². The third kappa shape index (κ3) is 4.89. The molecule has 7 nitrogen and oxygen atoms in total. The first-order chi connectivity index (χ1) is 15.6. The number of hydrogen-bond donors (Lipinski definition) is 1. The van der Waals surface area contributed by atoms with E-state index in [4.69, 9.17) is 18.9 Å². The van der Waals surface area contributed by atoms with Crippen LogP contribution in [0.1, 0.15) is 63.4 Å². The molecule has 2 aliphatic heterocycles. The van der Waals surface area contributed by atoms with E-state index in [-0.39, 0.29) is 37.2 Å². The molecule has 1 aromatic carbocycles. The molecule has 32 heavy (non-hydrogen) atoms. The minimum absolute atomic E-state index is 0.0287. The Balaban J connectivity index is 1.65. The first kappa shape index (κ1) is 22.9. The highest BCUT2D eigenvalue weighted by atomic mass is 16.7. The Kier molecular flexibility index (Phi) is 7.58. The summed E-state index contributed by atoms with van der Waals surface area (Å²) in [5, 5.41) is 9.46. The predicted molar refractivity (Wildman–Crippen MR) is 119 cm³/mol. The van der Waals surface area contributed by atoms with Crippen molar-refractivity contribution in [3.05, 3.63) is 35.6 Å². The molecule has 1 aromatic rings. The zero-order valence-electron chi connectivity index (χ0n) is 19.1. The molecule has 0 unspecified atom stereocenters. The van der Waals surface area contributed by atoms with Gasteiger partial charge in [-0.15, -0.1) is 0 Å². The fourth-order valence-corrected chi connectivity index (χ4v) is 5.07. The van der Waals surface area contributed by atoms with Crippen molar-refractivity contribution >= 4 is 5.91 Å². The van der Waals surface area contributed by atoms with E-state index in [0.29, 0.717) is 24.5 Å². The lowest BCUT2D eigenvalue weighted by atomic mass is 9.80. The maximum atomic E-state index is 13.4. The number of benzene rings is 1. The van der Waals surface area contributed by atoms with Gasteiger partial charge in [0.15, 0.2) is 17.3 Å². The zero-order valence-corrected chi connectivity index (χ0v) is 19.1. The summed E-state index contributed by atoms with van der Waals surface area (Å²) in [6, 6.07) is 6.16. The topological polar surface area (TPSA) is 77.5 Å². The summed E-state index contributed by atoms with van der Waals surface area (Å²) in [6.45, 7) is 2.72. The third-order valence-electron chi connectivity index (χ3n) is 6.85. The Morgan fingerprint density at radius 1 is 1.19 bits per heavy atom. The summed E-state index contributed by atoms with van der Waals surface area (Å²) in [6.07, 6.45) is 8.38. The van der Waals surface area contributed by atoms with Crippen LogP contribution >= 0.6 is 0 Å². The van der Waals surface area contributed by atoms with Crippen LogP contribution in [0.25, 0.3) is 0 Å². The maximum Gasteiger partial charge on any atom is 0.288 e. The molecule has 1 aliphatic carbocycles. The summed E-state index contributed by atoms with van der Waals surface area (Å²) < 4.78 is 23.2. The van der Waals surface area contributed by atoms with Crippen LogP contribution in [0, 0.1) is 5.92 Å². The molecule has 1 fully saturated rings. The lowest BCUT2D eigenvalue weighted by Crippen LogP contribution is -2.43. The number of aliphatic hydroxyl groups excluding tert-OH is 1. The van der Waals surface area contributed by atoms with Crippen molar-refractivity contribution < 1.29 is 28.8 Å². The van der Waals surface area contributed by atoms with E-state index in [0.717, 1.165) is 43.4 Å². The fraction of sp³-hybridized carbons (Fsp3) is 0.640. The maximum absolute atomic E-state index is 13.4. The van der Waals surface area contributed by atoms with Crippen molar-refractivity contribution in [3.63, 3.8) is 0 Å². The Hall–Kier alpha value is -2.25. The molecule has 0 spiro atoms. The molecule has 3 aliphatic rings. The van der Waals surface area contributed by atoms with Crippen LogP contribution in [0.3, 0.4) is 0 Å². The van der Waals surface area contributed by atoms with E-state index in [1.54, 1.807) is 0 Å². The highest BCUT2D eigenvalue weighted by Crippen LogP contribution is 2.43. The van der Waals surface area contributed by atoms with E-state index in [9.17, 15) is 9.90 Å². The molecule has 4 rings (SSSR count). The van der Waals surface area contributed by atoms with Crippen molar-refractivity contribution in [1.82, 2.24) is 4.90 Å². The largest absolute Gasteiger partial charge is 0.459 e. The van der Waals surface area contributed by atoms with E-state index in [1.807, 2.05) is 43.1 Å². The Labute approximate surface area is 190 Å². The minimum Gasteiger partial charge on any atom is -0.459 e. The van der Waals surface area contributed by atoms with Gasteiger partial charge in [-0.3, -0.25) is 4.79 Å². The second kappa shape index (κ2) is 10.6. The van der Waals surface area contributed by atoms with Crippen LogP contribution in [0.5, 0.6) is 11.5 Å². The second-order valence-corrected chi connectivity index (χ2v) is 8.85. The van der Waals surface area contributed by atoms with Gasteiger partial charge >= 0.3 is 0 Å². The van der Waals surface area contributed by atoms with Crippen LogP contribution in [0.2, 0.25) is 0 Å². The molecule has 1 saturated carbocycles. The smallest absolute Gasteiger partial charge is 0.288 e. The molecule has 0 radical (unpaired) electrons. The Morgan fingerprint density at radius 3 is 2.72 bits per heavy atom. The standard InChI is InChI=1S/C25H35NO6/c1-3-29-25-19(10-7-13-27)20(17-11-12-21-22(14-17)31-16-30-21)15-23(32-25)24(28)26(2)18-8-5-4-6-9-18/h11-12,14-15,18-20,25,27H,3-10,13,16H2,1-2H3/t19-,20+,25+/m1/s1. The number of fused-ring (bicyclic) bond motifs is 1. The summed E-state index contributed by atoms with van der Waals surface area (Å²) in [5.74, 6) is 1.57. The van der Waals surface area contributed by atoms with Gasteiger partial charge in [-0.1, -0.05) is 25.3 Å². The molecule has 2 heterocycles. The summed E-state index contributed by atoms with van der Waals surface area (Å²) >= 11 is 0. The molecule has 0 aromatic heterocycles. The van der Waals surface area contributed by atoms with E-state index >= 15 is 0 Å². The third-order valence-corrected chi connectivity index (χ3v) is 6.85. The van der Waals surface area contributed by atoms with Gasteiger partial charge in [0.1, 0.15) is 0 Å². The zero-order chi connectivity index (χ0) is 22.5. The lowest BCUT2D eigenvalue weighted by Gasteiger charge is -2.39. The van der Waals surface area contributed by atoms with Gasteiger partial charge in [-0.25, -0.2) is 0 Å². The second-order valence-electron chi connectivity index (χ2n) is 8.85. The van der Waals surface area contributed by atoms with Gasteiger partial charge < -0.3 is 29.0 Å². The number of amides is 1. The van der Waals surface area contributed by atoms with Crippen molar-refractivity contribution in [2.45, 2.75) is 70.1 Å². The number of likely N-dealkylation sites (N-methyl/N-ethyl adjacent to an activating group) is 1. The summed E-state index contributed by atoms with van der Waals surface area (Å²) in [5.41, 5.74) is 1.02. The molecule has 3 atom stereocenters. The average Bonchev–Trinajstić information content (AvgIpc) is 3.30. The Morgan fingerprint density at radius 2 is 1.97 bits per heavy atom. The quantitative estimate of drug-likeness (QED) is 0.653. The van der Waals surface area contributed by atoms with Crippen LogP contribution in [0.4, 0.5) is 0 Å². The molecule has 0 bridgehead atoms. The summed E-state index contributed by atoms with van der Waals surface area (Å²) in [7, 11) is 1.88. The van der Waals surface area contributed by atoms with Crippen molar-refractivity contribution in [2.24, 2.45) is 5.92 Å². The monoisotopic (exact) mass is 445 g/mol. The highest BCUT2D eigenvalue weighted by molar-refractivity contribution is 5.92. The number of aliphatic hydroxyl groups is 1. The molecule has 7 heteroatoms. The summed E-state index contributed by atoms with van der Waals surface area (Å²) in [4.78, 5) is 15.3. The predicted octanol–water partition coefficient (Wildman–Crippen LogP) is 3.96. The molecule has 1 N–H and O–H groups in total. The number of ether oxygens (including phenoxy) is 4. The SMILES string of the molecule is CCO[C@H]1OC(C(=O)N(C)C2CCCCC2)=C[C@@H](c2ccc3c(c2)OCO3)[C@H]1CCCO. The van der Waals surface area contributed by atoms with Gasteiger partial charge in [-0.2, -0.15) is 0 Å². The van der Waals surface area contributed by atoms with Gasteiger partial charge in [-0.05, 0) is 56.4 Å². The number of nitrogens with zero attached hydrogens (tertiary/aromatic N) is 1. The number of allylic oxidation sites excluding steroid dienone is 1. The molecular weight excluding hydrogens is 410 g/mol. The van der Waals surface area contributed by atoms with E-state index in [2.05, 4.69) is 0 Å². The number of hydrogen-bond acceptors (Lipinski definition) is 6. The Bertz CT molecular complexity index is 819. The molecule has 0 saturated heterocycles. The van der Waals surface area contributed by atoms with Crippen molar-refractivity contribution in [2.75, 3.05) is 27.1 Å². The van der Waals surface area contributed by atoms with Gasteiger partial charge in [0.25, 0.3) is 5.91 Å². The van der Waals surface area contributed by atoms with Crippen LogP contribution in [-0.4, -0.2) is 55.3 Å². The van der Waals surface area contributed by atoms with Crippen LogP contribution in [-0.2, 0) is 14.3 Å². The molecule has 176 valence electrons. The molecular formula is C25H35NO6. The number of rotatable bonds is 8. The first-order valence-electron chi connectivity index (χ1n) is 11.9.